The Bertz CT molecular complexity index is 1260. The summed E-state index contributed by atoms with van der Waals surface area (Å²) in [5.41, 5.74) is 0.211. The molecule has 2 aliphatic rings. The summed E-state index contributed by atoms with van der Waals surface area (Å²) < 4.78 is 34.5. The number of anilines is 1. The van der Waals surface area contributed by atoms with Crippen molar-refractivity contribution in [1.82, 2.24) is 19.5 Å². The Kier molecular flexibility index (Phi) is 11.8. The number of aliphatic carboxylic acids is 2. The molecule has 0 bridgehead atoms. The van der Waals surface area contributed by atoms with Gasteiger partial charge in [-0.1, -0.05) is 0 Å². The SMILES string of the molecule is O=C(O)CCC(=O)Nc1ncnc2c1ncn2[C@@H]1O[C@@H]2COP(=O)(O)O[C@H]2[C@H]1OC(=O)CCC(=O)O.[Na].[Na]. The number of carbonyl (C=O) groups is 4. The number of aromatic nitrogens is 4. The van der Waals surface area contributed by atoms with Gasteiger partial charge in [0.25, 0.3) is 0 Å². The minimum atomic E-state index is -4.46. The second-order valence-electron chi connectivity index (χ2n) is 7.74. The van der Waals surface area contributed by atoms with Crippen LogP contribution in [-0.4, -0.2) is 142 Å². The maximum atomic E-state index is 12.3. The molecule has 4 rings (SSSR count). The Hall–Kier alpha value is -1.50. The third-order valence-corrected chi connectivity index (χ3v) is 6.19. The molecule has 1 amide bonds. The first kappa shape index (κ1) is 32.7. The molecule has 0 saturated carbocycles. The third kappa shape index (κ3) is 7.79. The van der Waals surface area contributed by atoms with Crippen LogP contribution in [0.4, 0.5) is 5.82 Å². The number of hydrogen-bond acceptors (Lipinski definition) is 12. The monoisotopic (exact) mass is 575 g/mol. The molecule has 4 N–H and O–H groups in total. The van der Waals surface area contributed by atoms with Gasteiger partial charge in [0.15, 0.2) is 29.3 Å². The molecule has 5 atom stereocenters. The summed E-state index contributed by atoms with van der Waals surface area (Å²) >= 11 is 0. The molecule has 0 aliphatic carbocycles. The summed E-state index contributed by atoms with van der Waals surface area (Å²) in [6, 6.07) is 0. The van der Waals surface area contributed by atoms with E-state index in [4.69, 9.17) is 28.7 Å². The van der Waals surface area contributed by atoms with Gasteiger partial charge in [0, 0.05) is 65.5 Å². The number of carboxylic acids is 2. The molecular weight excluding hydrogens is 555 g/mol. The smallest absolute Gasteiger partial charge is 0.472 e. The van der Waals surface area contributed by atoms with Gasteiger partial charge in [0.05, 0.1) is 32.2 Å². The van der Waals surface area contributed by atoms with Crippen LogP contribution in [0.2, 0.25) is 0 Å². The number of nitrogens with one attached hydrogen (secondary N) is 1. The fourth-order valence-electron chi connectivity index (χ4n) is 3.64. The molecular formula is C18H20N5Na2O12P. The van der Waals surface area contributed by atoms with Gasteiger partial charge in [0.2, 0.25) is 5.91 Å². The van der Waals surface area contributed by atoms with Gasteiger partial charge in [-0.3, -0.25) is 32.8 Å². The minimum absolute atomic E-state index is 0. The van der Waals surface area contributed by atoms with Crippen LogP contribution in [0.25, 0.3) is 11.2 Å². The van der Waals surface area contributed by atoms with E-state index in [1.807, 2.05) is 0 Å². The maximum absolute atomic E-state index is 12.3. The molecule has 2 radical (unpaired) electrons. The zero-order valence-electron chi connectivity index (χ0n) is 20.3. The summed E-state index contributed by atoms with van der Waals surface area (Å²) in [6.07, 6.45) is -3.99. The number of rotatable bonds is 9. The number of hydrogen-bond donors (Lipinski definition) is 4. The first-order valence-corrected chi connectivity index (χ1v) is 12.0. The summed E-state index contributed by atoms with van der Waals surface area (Å²) in [6.45, 7) is -0.357. The Labute approximate surface area is 257 Å². The van der Waals surface area contributed by atoms with Gasteiger partial charge in [-0.05, 0) is 0 Å². The number of nitrogens with zero attached hydrogens (tertiary/aromatic N) is 4. The van der Waals surface area contributed by atoms with Gasteiger partial charge in [-0.15, -0.1) is 0 Å². The molecule has 2 aliphatic heterocycles. The first-order valence-electron chi connectivity index (χ1n) is 10.5. The predicted octanol–water partition coefficient (Wildman–Crippen LogP) is -0.942. The number of carbonyl (C=O) groups excluding carboxylic acids is 2. The zero-order valence-corrected chi connectivity index (χ0v) is 25.1. The van der Waals surface area contributed by atoms with Gasteiger partial charge < -0.3 is 29.9 Å². The van der Waals surface area contributed by atoms with Crippen LogP contribution in [-0.2, 0) is 42.3 Å². The van der Waals surface area contributed by atoms with Crippen molar-refractivity contribution < 1.29 is 57.4 Å². The summed E-state index contributed by atoms with van der Waals surface area (Å²) in [5, 5.41) is 20.0. The maximum Gasteiger partial charge on any atom is 0.472 e. The summed E-state index contributed by atoms with van der Waals surface area (Å²) in [7, 11) is -4.46. The number of esters is 1. The second-order valence-corrected chi connectivity index (χ2v) is 9.14. The number of imidazole rings is 1. The molecule has 38 heavy (non-hydrogen) atoms. The van der Waals surface area contributed by atoms with Gasteiger partial charge in [0.1, 0.15) is 18.5 Å². The number of ether oxygens (including phenoxy) is 2. The van der Waals surface area contributed by atoms with Crippen molar-refractivity contribution in [3.63, 3.8) is 0 Å². The van der Waals surface area contributed by atoms with E-state index in [2.05, 4.69) is 20.3 Å². The Balaban J connectivity index is 0.00000253. The number of phosphoric acid groups is 1. The van der Waals surface area contributed by atoms with E-state index < -0.39 is 69.0 Å². The zero-order chi connectivity index (χ0) is 26.0. The van der Waals surface area contributed by atoms with Crippen LogP contribution in [0.1, 0.15) is 31.9 Å². The molecule has 196 valence electrons. The van der Waals surface area contributed by atoms with Gasteiger partial charge >= 0.3 is 25.7 Å². The largest absolute Gasteiger partial charge is 0.481 e. The Morgan fingerprint density at radius 2 is 1.76 bits per heavy atom. The number of phosphoric ester groups is 1. The normalized spacial score (nSPS) is 25.9. The van der Waals surface area contributed by atoms with Crippen molar-refractivity contribution in [3.8, 4) is 0 Å². The van der Waals surface area contributed by atoms with E-state index in [9.17, 15) is 28.6 Å². The van der Waals surface area contributed by atoms with E-state index in [1.54, 1.807) is 0 Å². The van der Waals surface area contributed by atoms with E-state index in [0.717, 1.165) is 6.33 Å². The average molecular weight is 575 g/mol. The minimum Gasteiger partial charge on any atom is -0.481 e. The van der Waals surface area contributed by atoms with Crippen molar-refractivity contribution in [1.29, 1.82) is 0 Å². The topological polar surface area (TPSA) is 239 Å². The molecule has 0 spiro atoms. The van der Waals surface area contributed by atoms with Crippen molar-refractivity contribution in [2.24, 2.45) is 0 Å². The van der Waals surface area contributed by atoms with Crippen LogP contribution in [0.3, 0.4) is 0 Å². The quantitative estimate of drug-likeness (QED) is 0.160. The van der Waals surface area contributed by atoms with Crippen LogP contribution >= 0.6 is 7.82 Å². The van der Waals surface area contributed by atoms with Crippen molar-refractivity contribution in [3.05, 3.63) is 12.7 Å². The number of carboxylic acid groups (broad SMARTS) is 2. The van der Waals surface area contributed by atoms with Crippen LogP contribution in [0, 0.1) is 0 Å². The van der Waals surface area contributed by atoms with Crippen LogP contribution in [0.15, 0.2) is 12.7 Å². The van der Waals surface area contributed by atoms with E-state index in [0.29, 0.717) is 0 Å². The molecule has 20 heteroatoms. The molecule has 2 aromatic heterocycles. The molecule has 2 aromatic rings. The first-order chi connectivity index (χ1) is 17.0. The molecule has 0 aromatic carbocycles. The second kappa shape index (κ2) is 13.7. The summed E-state index contributed by atoms with van der Waals surface area (Å²) in [5.74, 6) is -3.92. The Morgan fingerprint density at radius 3 is 2.45 bits per heavy atom. The van der Waals surface area contributed by atoms with Crippen molar-refractivity contribution >= 4 is 108 Å². The molecule has 2 saturated heterocycles. The predicted molar refractivity (Wildman–Crippen MR) is 124 cm³/mol. The van der Waals surface area contributed by atoms with Gasteiger partial charge in [-0.25, -0.2) is 19.5 Å². The van der Waals surface area contributed by atoms with Crippen LogP contribution < -0.4 is 5.32 Å². The fourth-order valence-corrected chi connectivity index (χ4v) is 4.59. The van der Waals surface area contributed by atoms with E-state index in [1.165, 1.54) is 10.9 Å². The van der Waals surface area contributed by atoms with Crippen molar-refractivity contribution in [2.45, 2.75) is 50.2 Å². The molecule has 1 unspecified atom stereocenters. The fraction of sp³-hybridized carbons (Fsp3) is 0.500. The number of amides is 1. The standard InChI is InChI=1S/C18H20N5O12P.2Na/c24-9(1-2-10(25)26)22-16-13-17(20-6-19-16)23(7-21-13)18-15(34-12(29)4-3-11(27)28)14-8(33-18)5-32-36(30,31)35-14;;/h6-8,14-15,18H,1-5H2,(H,25,26)(H,27,28)(H,30,31)(H,19,20,22,24);;/t8-,14-,15-,18-;;/m1../s1. The molecule has 17 nitrogen and oxygen atoms in total. The molecule has 4 heterocycles. The average Bonchev–Trinajstić information content (AvgIpc) is 3.38. The van der Waals surface area contributed by atoms with Crippen LogP contribution in [0.5, 0.6) is 0 Å². The van der Waals surface area contributed by atoms with E-state index >= 15 is 0 Å². The Morgan fingerprint density at radius 1 is 1.08 bits per heavy atom. The van der Waals surface area contributed by atoms with Crippen molar-refractivity contribution in [2.75, 3.05) is 11.9 Å². The van der Waals surface area contributed by atoms with Gasteiger partial charge in [-0.2, -0.15) is 0 Å². The molecule has 2 fully saturated rings. The number of fused-ring (bicyclic) bond motifs is 2. The van der Waals surface area contributed by atoms with E-state index in [-0.39, 0.29) is 95.5 Å². The summed E-state index contributed by atoms with van der Waals surface area (Å²) in [4.78, 5) is 67.9. The third-order valence-electron chi connectivity index (χ3n) is 5.21.